The Kier molecular flexibility index (Phi) is 6.84. The second-order valence-electron chi connectivity index (χ2n) is 11.7. The lowest BCUT2D eigenvalue weighted by Crippen LogP contribution is -2.49. The van der Waals surface area contributed by atoms with Crippen molar-refractivity contribution in [2.24, 2.45) is 0 Å². The van der Waals surface area contributed by atoms with Crippen LogP contribution >= 0.6 is 11.3 Å². The number of aryl methyl sites for hydroxylation is 2. The third kappa shape index (κ3) is 5.05. The molecule has 0 bridgehead atoms. The number of likely N-dealkylation sites (N-methyl/N-ethyl adjacent to an activating group) is 1. The number of aromatic nitrogens is 5. The second-order valence-corrected chi connectivity index (χ2v) is 12.7. The first-order valence-electron chi connectivity index (χ1n) is 14.6. The Hall–Kier alpha value is -3.60. The van der Waals surface area contributed by atoms with Gasteiger partial charge >= 0.3 is 0 Å². The maximum Gasteiger partial charge on any atom is 0.188 e. The summed E-state index contributed by atoms with van der Waals surface area (Å²) in [7, 11) is 2.22. The van der Waals surface area contributed by atoms with E-state index < -0.39 is 0 Å². The van der Waals surface area contributed by atoms with Gasteiger partial charge in [-0.3, -0.25) is 4.90 Å². The van der Waals surface area contributed by atoms with Crippen LogP contribution in [0.15, 0.2) is 42.7 Å². The zero-order chi connectivity index (χ0) is 28.1. The van der Waals surface area contributed by atoms with E-state index in [1.807, 2.05) is 0 Å². The number of fused-ring (bicyclic) bond motifs is 2. The predicted molar refractivity (Wildman–Crippen MR) is 168 cm³/mol. The minimum absolute atomic E-state index is 0.316. The van der Waals surface area contributed by atoms with E-state index in [0.717, 1.165) is 64.6 Å². The molecule has 212 valence electrons. The fraction of sp³-hybridized carbons (Fsp3) is 0.419. The second kappa shape index (κ2) is 10.7. The first kappa shape index (κ1) is 26.3. The Labute approximate surface area is 244 Å². The summed E-state index contributed by atoms with van der Waals surface area (Å²) in [6.07, 6.45) is 6.14. The van der Waals surface area contributed by atoms with Gasteiger partial charge in [0.25, 0.3) is 0 Å². The van der Waals surface area contributed by atoms with Crippen LogP contribution < -0.4 is 11.1 Å². The third-order valence-electron chi connectivity index (χ3n) is 8.81. The van der Waals surface area contributed by atoms with E-state index in [1.54, 1.807) is 17.7 Å². The molecule has 41 heavy (non-hydrogen) atoms. The summed E-state index contributed by atoms with van der Waals surface area (Å²) in [6.45, 7) is 8.93. The molecule has 3 N–H and O–H groups in total. The number of hydrogen-bond acceptors (Lipinski definition) is 9. The smallest absolute Gasteiger partial charge is 0.188 e. The van der Waals surface area contributed by atoms with E-state index in [-0.39, 0.29) is 0 Å². The fourth-order valence-electron chi connectivity index (χ4n) is 6.57. The van der Waals surface area contributed by atoms with Crippen molar-refractivity contribution in [2.75, 3.05) is 44.3 Å². The molecule has 0 atom stereocenters. The topological polar surface area (TPSA) is 101 Å². The third-order valence-corrected chi connectivity index (χ3v) is 9.94. The summed E-state index contributed by atoms with van der Waals surface area (Å²) in [5, 5.41) is 10.3. The zero-order valence-corrected chi connectivity index (χ0v) is 24.8. The minimum Gasteiger partial charge on any atom is -0.383 e. The lowest BCUT2D eigenvalue weighted by Gasteiger charge is -2.41. The lowest BCUT2D eigenvalue weighted by molar-refractivity contribution is 0.0815. The van der Waals surface area contributed by atoms with Crippen LogP contribution in [0.1, 0.15) is 42.9 Å². The van der Waals surface area contributed by atoms with Crippen molar-refractivity contribution in [1.29, 1.82) is 0 Å². The number of nitrogens with one attached hydrogen (secondary N) is 1. The summed E-state index contributed by atoms with van der Waals surface area (Å²) in [5.74, 6) is 0.477. The first-order valence-corrected chi connectivity index (χ1v) is 15.4. The number of nitrogens with two attached hydrogens (primary N) is 1. The number of piperazine rings is 1. The summed E-state index contributed by atoms with van der Waals surface area (Å²) < 4.78 is 3.35. The van der Waals surface area contributed by atoms with Crippen molar-refractivity contribution >= 4 is 49.2 Å². The monoisotopic (exact) mass is 567 g/mol. The minimum atomic E-state index is 0.316. The normalized spacial score (nSPS) is 20.7. The molecular weight excluding hydrogens is 530 g/mol. The van der Waals surface area contributed by atoms with Crippen LogP contribution in [0.25, 0.3) is 32.5 Å². The fourth-order valence-corrected chi connectivity index (χ4v) is 7.51. The molecule has 0 spiro atoms. The summed E-state index contributed by atoms with van der Waals surface area (Å²) >= 11 is 1.68. The van der Waals surface area contributed by atoms with Gasteiger partial charge in [-0.05, 0) is 75.9 Å². The van der Waals surface area contributed by atoms with Crippen molar-refractivity contribution in [3.63, 3.8) is 0 Å². The largest absolute Gasteiger partial charge is 0.383 e. The van der Waals surface area contributed by atoms with Gasteiger partial charge in [0.2, 0.25) is 0 Å². The number of nitrogens with zero attached hydrogens (tertiary/aromatic N) is 7. The van der Waals surface area contributed by atoms with Crippen molar-refractivity contribution in [3.05, 3.63) is 53.9 Å². The highest BCUT2D eigenvalue weighted by Gasteiger charge is 2.30. The number of nitrogen functional groups attached to an aromatic ring is 1. The van der Waals surface area contributed by atoms with Crippen LogP contribution in [-0.4, -0.2) is 73.8 Å². The molecule has 2 fully saturated rings. The molecule has 2 aromatic carbocycles. The van der Waals surface area contributed by atoms with E-state index in [9.17, 15) is 0 Å². The van der Waals surface area contributed by atoms with E-state index in [4.69, 9.17) is 15.8 Å². The number of anilines is 3. The molecule has 0 radical (unpaired) electrons. The molecule has 10 heteroatoms. The Morgan fingerprint density at radius 2 is 1.66 bits per heavy atom. The lowest BCUT2D eigenvalue weighted by atomic mass is 9.90. The zero-order valence-electron chi connectivity index (χ0n) is 24.0. The molecule has 1 saturated carbocycles. The number of rotatable bonds is 5. The molecular formula is C31H37N9S. The Balaban J connectivity index is 1.12. The quantitative estimate of drug-likeness (QED) is 0.276. The molecule has 0 unspecified atom stereocenters. The maximum atomic E-state index is 6.43. The van der Waals surface area contributed by atoms with Crippen LogP contribution in [0.4, 0.5) is 16.6 Å². The van der Waals surface area contributed by atoms with Crippen LogP contribution in [0.3, 0.4) is 0 Å². The van der Waals surface area contributed by atoms with Crippen LogP contribution in [0.2, 0.25) is 0 Å². The van der Waals surface area contributed by atoms with E-state index in [2.05, 4.69) is 87.1 Å². The van der Waals surface area contributed by atoms with Crippen molar-refractivity contribution in [2.45, 2.75) is 51.6 Å². The molecule has 1 aliphatic heterocycles. The predicted octanol–water partition coefficient (Wildman–Crippen LogP) is 5.78. The highest BCUT2D eigenvalue weighted by atomic mass is 32.1. The Morgan fingerprint density at radius 3 is 2.41 bits per heavy atom. The van der Waals surface area contributed by atoms with E-state index in [0.29, 0.717) is 17.9 Å². The molecule has 1 saturated heterocycles. The highest BCUT2D eigenvalue weighted by Crippen LogP contribution is 2.38. The number of hydrogen-bond donors (Lipinski definition) is 2. The van der Waals surface area contributed by atoms with Gasteiger partial charge in [-0.2, -0.15) is 5.10 Å². The van der Waals surface area contributed by atoms with Crippen molar-refractivity contribution in [3.8, 4) is 11.3 Å². The van der Waals surface area contributed by atoms with Gasteiger partial charge in [0.05, 0.1) is 21.6 Å². The molecule has 1 aliphatic carbocycles. The average Bonchev–Trinajstić information content (AvgIpc) is 3.56. The molecule has 5 aromatic rings. The van der Waals surface area contributed by atoms with E-state index in [1.165, 1.54) is 41.8 Å². The van der Waals surface area contributed by atoms with Crippen LogP contribution in [0.5, 0.6) is 0 Å². The van der Waals surface area contributed by atoms with Gasteiger partial charge in [-0.25, -0.2) is 19.6 Å². The van der Waals surface area contributed by atoms with Gasteiger partial charge in [-0.15, -0.1) is 0 Å². The standard InChI is InChI=1S/C31H37N9S/c1-19-16-20(2)28-25(17-19)36-31(41-28)35-22-6-4-21(5-7-22)27-26-29(32)33-18-34-30(26)40(37-27)24-10-8-23(9-11-24)39-14-12-38(3)13-15-39/h4-7,16-18,23-24H,8-15H2,1-3H3,(H,35,36)(H2,32,33,34)/t23-,24+. The van der Waals surface area contributed by atoms with Crippen LogP contribution in [-0.2, 0) is 0 Å². The van der Waals surface area contributed by atoms with E-state index >= 15 is 0 Å². The Bertz CT molecular complexity index is 1690. The molecule has 0 amide bonds. The molecule has 9 nitrogen and oxygen atoms in total. The molecule has 3 aromatic heterocycles. The van der Waals surface area contributed by atoms with Crippen LogP contribution in [0, 0.1) is 13.8 Å². The van der Waals surface area contributed by atoms with Gasteiger partial charge < -0.3 is 16.0 Å². The molecule has 2 aliphatic rings. The van der Waals surface area contributed by atoms with Gasteiger partial charge in [0.1, 0.15) is 17.8 Å². The molecule has 7 rings (SSSR count). The first-order chi connectivity index (χ1) is 19.9. The summed E-state index contributed by atoms with van der Waals surface area (Å²) in [4.78, 5) is 18.9. The number of thiazole rings is 1. The van der Waals surface area contributed by atoms with Gasteiger partial charge in [-0.1, -0.05) is 29.5 Å². The maximum absolute atomic E-state index is 6.43. The Morgan fingerprint density at radius 1 is 0.927 bits per heavy atom. The number of benzene rings is 2. The summed E-state index contributed by atoms with van der Waals surface area (Å²) in [5.41, 5.74) is 13.6. The van der Waals surface area contributed by atoms with Crippen molar-refractivity contribution < 1.29 is 0 Å². The van der Waals surface area contributed by atoms with Gasteiger partial charge in [0, 0.05) is 43.5 Å². The van der Waals surface area contributed by atoms with Gasteiger partial charge in [0.15, 0.2) is 10.8 Å². The van der Waals surface area contributed by atoms with Crippen molar-refractivity contribution in [1.82, 2.24) is 34.5 Å². The summed E-state index contributed by atoms with van der Waals surface area (Å²) in [6, 6.07) is 13.7. The SMILES string of the molecule is Cc1cc(C)c2sc(Nc3ccc(-c4nn([C@H]5CC[C@@H](N6CCN(C)CC6)CC5)c5ncnc(N)c45)cc3)nc2c1. The molecule has 4 heterocycles. The highest BCUT2D eigenvalue weighted by molar-refractivity contribution is 7.22. The average molecular weight is 568 g/mol.